The fourth-order valence-corrected chi connectivity index (χ4v) is 4.40. The van der Waals surface area contributed by atoms with E-state index in [0.29, 0.717) is 16.3 Å². The van der Waals surface area contributed by atoms with Gasteiger partial charge in [-0.25, -0.2) is 23.1 Å². The van der Waals surface area contributed by atoms with E-state index in [-0.39, 0.29) is 41.1 Å². The van der Waals surface area contributed by atoms with Crippen LogP contribution in [-0.2, 0) is 31.0 Å². The number of oxime groups is 1. The molecule has 0 aliphatic rings. The second-order valence-corrected chi connectivity index (χ2v) is 9.70. The molecular weight excluding hydrogens is 481 g/mol. The number of nitrogens with zero attached hydrogens (tertiary/aromatic N) is 3. The predicted octanol–water partition coefficient (Wildman–Crippen LogP) is 2.22. The van der Waals surface area contributed by atoms with Crippen molar-refractivity contribution in [3.63, 3.8) is 0 Å². The van der Waals surface area contributed by atoms with Gasteiger partial charge in [-0.2, -0.15) is 4.39 Å². The Balaban J connectivity index is 1.80. The summed E-state index contributed by atoms with van der Waals surface area (Å²) in [7, 11) is -2.28. The van der Waals surface area contributed by atoms with Gasteiger partial charge >= 0.3 is 0 Å². The lowest BCUT2D eigenvalue weighted by Gasteiger charge is -2.09. The van der Waals surface area contributed by atoms with Crippen molar-refractivity contribution >= 4 is 49.4 Å². The normalized spacial score (nSPS) is 12.0. The van der Waals surface area contributed by atoms with E-state index < -0.39 is 21.1 Å². The average molecular weight is 500 g/mol. The molecule has 14 heteroatoms. The monoisotopic (exact) mass is 499 g/mol. The van der Waals surface area contributed by atoms with Crippen molar-refractivity contribution in [2.75, 3.05) is 25.6 Å². The number of nitrogens with one attached hydrogen (secondary N) is 2. The first-order chi connectivity index (χ1) is 15.4. The molecule has 0 saturated carbocycles. The van der Waals surface area contributed by atoms with Crippen LogP contribution in [0.1, 0.15) is 10.6 Å². The van der Waals surface area contributed by atoms with Crippen LogP contribution < -0.4 is 10.0 Å². The minimum atomic E-state index is -3.75. The van der Waals surface area contributed by atoms with Crippen LogP contribution in [0.4, 0.5) is 9.52 Å². The molecule has 0 spiro atoms. The third-order valence-corrected chi connectivity index (χ3v) is 6.71. The van der Waals surface area contributed by atoms with E-state index in [4.69, 9.17) is 9.57 Å². The Hall–Kier alpha value is -2.78. The molecule has 0 aliphatic carbocycles. The zero-order valence-electron chi connectivity index (χ0n) is 16.6. The van der Waals surface area contributed by atoms with Gasteiger partial charge in [0.05, 0.1) is 17.7 Å². The summed E-state index contributed by atoms with van der Waals surface area (Å²) in [5.41, 5.74) is 0.142. The van der Waals surface area contributed by atoms with E-state index in [9.17, 15) is 17.6 Å². The molecule has 3 rings (SSSR count). The average Bonchev–Trinajstić information content (AvgIpc) is 3.43. The van der Waals surface area contributed by atoms with Crippen molar-refractivity contribution in [2.45, 2.75) is 11.5 Å². The number of benzene rings is 1. The van der Waals surface area contributed by atoms with Gasteiger partial charge in [0.2, 0.25) is 10.0 Å². The molecule has 2 aromatic heterocycles. The van der Waals surface area contributed by atoms with E-state index in [1.807, 2.05) is 0 Å². The standard InChI is InChI=1S/C18H18FN5O5S3/c1-28-8-6-22-32(26,27)13-4-2-12(3-5-13)16(24-29-11-15-20-7-9-30-15)17(25)23-18-21-10-14(19)31-18/h2-5,7,9-10,22H,6,8,11H2,1H3,(H,21,23,25)/b24-16+. The van der Waals surface area contributed by atoms with E-state index >= 15 is 0 Å². The number of amides is 1. The summed E-state index contributed by atoms with van der Waals surface area (Å²) < 4.78 is 45.1. The van der Waals surface area contributed by atoms with Crippen LogP contribution in [0.15, 0.2) is 52.1 Å². The Kier molecular flexibility index (Phi) is 8.35. The highest BCUT2D eigenvalue weighted by molar-refractivity contribution is 7.89. The highest BCUT2D eigenvalue weighted by Crippen LogP contribution is 2.17. The number of rotatable bonds is 11. The molecule has 0 bridgehead atoms. The second-order valence-electron chi connectivity index (χ2n) is 5.98. The largest absolute Gasteiger partial charge is 0.388 e. The Labute approximate surface area is 191 Å². The smallest absolute Gasteiger partial charge is 0.280 e. The highest BCUT2D eigenvalue weighted by atomic mass is 32.2. The number of anilines is 1. The van der Waals surface area contributed by atoms with Crippen molar-refractivity contribution in [3.05, 3.63) is 57.7 Å². The molecule has 0 unspecified atom stereocenters. The van der Waals surface area contributed by atoms with E-state index in [0.717, 1.165) is 6.20 Å². The number of halogens is 1. The number of aromatic nitrogens is 2. The molecule has 0 fully saturated rings. The zero-order valence-corrected chi connectivity index (χ0v) is 19.1. The molecule has 0 atom stereocenters. The van der Waals surface area contributed by atoms with E-state index in [2.05, 4.69) is 25.2 Å². The highest BCUT2D eigenvalue weighted by Gasteiger charge is 2.19. The van der Waals surface area contributed by atoms with Crippen LogP contribution in [0, 0.1) is 5.13 Å². The fraction of sp³-hybridized carbons (Fsp3) is 0.222. The van der Waals surface area contributed by atoms with Crippen LogP contribution in [0.5, 0.6) is 0 Å². The van der Waals surface area contributed by atoms with Gasteiger partial charge in [-0.05, 0) is 12.1 Å². The number of thiazole rings is 2. The van der Waals surface area contributed by atoms with Crippen molar-refractivity contribution in [3.8, 4) is 0 Å². The Morgan fingerprint density at radius 1 is 1.25 bits per heavy atom. The van der Waals surface area contributed by atoms with E-state index in [1.165, 1.54) is 42.7 Å². The first-order valence-corrected chi connectivity index (χ1v) is 12.2. The summed E-state index contributed by atoms with van der Waals surface area (Å²) in [4.78, 5) is 25.8. The lowest BCUT2D eigenvalue weighted by molar-refractivity contribution is -0.110. The number of ether oxygens (including phenoxy) is 1. The minimum Gasteiger partial charge on any atom is -0.388 e. The van der Waals surface area contributed by atoms with Gasteiger partial charge in [0.1, 0.15) is 5.01 Å². The molecule has 170 valence electrons. The maximum Gasteiger partial charge on any atom is 0.280 e. The first-order valence-electron chi connectivity index (χ1n) is 8.99. The minimum absolute atomic E-state index is 0.00260. The van der Waals surface area contributed by atoms with Gasteiger partial charge in [0.25, 0.3) is 5.91 Å². The van der Waals surface area contributed by atoms with Crippen LogP contribution in [-0.4, -0.2) is 50.3 Å². The number of carbonyl (C=O) groups excluding carboxylic acids is 1. The van der Waals surface area contributed by atoms with Gasteiger partial charge in [-0.3, -0.25) is 10.1 Å². The molecule has 32 heavy (non-hydrogen) atoms. The second kappa shape index (κ2) is 11.2. The number of hydrogen-bond acceptors (Lipinski definition) is 10. The van der Waals surface area contributed by atoms with Gasteiger partial charge in [-0.15, -0.1) is 11.3 Å². The molecule has 2 N–H and O–H groups in total. The molecular formula is C18H18FN5O5S3. The summed E-state index contributed by atoms with van der Waals surface area (Å²) in [5.74, 6) is -0.702. The topological polar surface area (TPSA) is 132 Å². The summed E-state index contributed by atoms with van der Waals surface area (Å²) in [6, 6.07) is 5.49. The zero-order chi connectivity index (χ0) is 23.0. The lowest BCUT2D eigenvalue weighted by atomic mass is 10.1. The van der Waals surface area contributed by atoms with Gasteiger partial charge in [0.15, 0.2) is 22.6 Å². The van der Waals surface area contributed by atoms with E-state index in [1.54, 1.807) is 11.6 Å². The summed E-state index contributed by atoms with van der Waals surface area (Å²) in [6.07, 6.45) is 2.59. The quantitative estimate of drug-likeness (QED) is 0.235. The van der Waals surface area contributed by atoms with Crippen LogP contribution in [0.25, 0.3) is 0 Å². The molecule has 2 heterocycles. The number of sulfonamides is 1. The fourth-order valence-electron chi connectivity index (χ4n) is 2.32. The van der Waals surface area contributed by atoms with Crippen LogP contribution in [0.3, 0.4) is 0 Å². The van der Waals surface area contributed by atoms with Crippen LogP contribution in [0.2, 0.25) is 0 Å². The van der Waals surface area contributed by atoms with Crippen molar-refractivity contribution in [1.82, 2.24) is 14.7 Å². The van der Waals surface area contributed by atoms with Gasteiger partial charge < -0.3 is 9.57 Å². The maximum absolute atomic E-state index is 13.2. The third kappa shape index (κ3) is 6.61. The Morgan fingerprint density at radius 3 is 2.66 bits per heavy atom. The van der Waals surface area contributed by atoms with Gasteiger partial charge in [0, 0.05) is 30.8 Å². The summed E-state index contributed by atoms with van der Waals surface area (Å²) in [6.45, 7) is 0.378. The number of methoxy groups -OCH3 is 1. The molecule has 0 aliphatic heterocycles. The molecule has 0 saturated heterocycles. The Morgan fingerprint density at radius 2 is 2.03 bits per heavy atom. The first kappa shape index (κ1) is 23.9. The molecule has 10 nitrogen and oxygen atoms in total. The predicted molar refractivity (Wildman–Crippen MR) is 118 cm³/mol. The van der Waals surface area contributed by atoms with Crippen molar-refractivity contribution < 1.29 is 27.2 Å². The van der Waals surface area contributed by atoms with Crippen LogP contribution >= 0.6 is 22.7 Å². The summed E-state index contributed by atoms with van der Waals surface area (Å²) in [5, 5.41) is 8.25. The van der Waals surface area contributed by atoms with Crippen molar-refractivity contribution in [1.29, 1.82) is 0 Å². The lowest BCUT2D eigenvalue weighted by Crippen LogP contribution is -2.27. The van der Waals surface area contributed by atoms with Crippen molar-refractivity contribution in [2.24, 2.45) is 5.16 Å². The molecule has 1 amide bonds. The van der Waals surface area contributed by atoms with Gasteiger partial charge in [-0.1, -0.05) is 28.6 Å². The third-order valence-electron chi connectivity index (χ3n) is 3.78. The molecule has 0 radical (unpaired) electrons. The SMILES string of the molecule is COCCNS(=O)(=O)c1ccc(/C(=N\OCc2nccs2)C(=O)Nc2ncc(F)s2)cc1. The maximum atomic E-state index is 13.2. The molecule has 3 aromatic rings. The number of hydrogen-bond donors (Lipinski definition) is 2. The summed E-state index contributed by atoms with van der Waals surface area (Å²) >= 11 is 2.01. The molecule has 1 aromatic carbocycles. The number of carbonyl (C=O) groups is 1. The Bertz CT molecular complexity index is 1160.